The molecule has 4 nitrogen and oxygen atoms in total. The molecule has 1 aromatic heterocycles. The molecular formula is C13H13ClN2O2. The fourth-order valence-electron chi connectivity index (χ4n) is 1.54. The number of halogens is 1. The van der Waals surface area contributed by atoms with E-state index in [9.17, 15) is 4.79 Å². The van der Waals surface area contributed by atoms with Gasteiger partial charge in [0.25, 0.3) is 0 Å². The van der Waals surface area contributed by atoms with E-state index in [-0.39, 0.29) is 5.69 Å². The summed E-state index contributed by atoms with van der Waals surface area (Å²) in [6.07, 6.45) is 2.43. The summed E-state index contributed by atoms with van der Waals surface area (Å²) in [7, 11) is 0. The summed E-state index contributed by atoms with van der Waals surface area (Å²) in [5, 5.41) is 0.407. The molecule has 0 bridgehead atoms. The maximum absolute atomic E-state index is 11.5. The minimum absolute atomic E-state index is 0.375. The molecule has 0 N–H and O–H groups in total. The number of rotatable bonds is 4. The van der Waals surface area contributed by atoms with Gasteiger partial charge in [-0.2, -0.15) is 4.98 Å². The highest BCUT2D eigenvalue weighted by molar-refractivity contribution is 6.30. The van der Waals surface area contributed by atoms with E-state index in [4.69, 9.17) is 16.3 Å². The third-order valence-electron chi connectivity index (χ3n) is 2.51. The van der Waals surface area contributed by atoms with E-state index in [1.54, 1.807) is 6.92 Å². The molecule has 0 amide bonds. The van der Waals surface area contributed by atoms with E-state index in [2.05, 4.69) is 4.98 Å². The van der Waals surface area contributed by atoms with Gasteiger partial charge in [-0.05, 0) is 12.5 Å². The van der Waals surface area contributed by atoms with Crippen LogP contribution in [0.4, 0.5) is 0 Å². The topological polar surface area (TPSA) is 44.1 Å². The van der Waals surface area contributed by atoms with Gasteiger partial charge >= 0.3 is 5.69 Å². The molecule has 5 heteroatoms. The molecule has 0 fully saturated rings. The second-order valence-corrected chi connectivity index (χ2v) is 4.29. The van der Waals surface area contributed by atoms with Crippen LogP contribution in [0.2, 0.25) is 5.02 Å². The Morgan fingerprint density at radius 1 is 1.39 bits per heavy atom. The number of nitrogens with zero attached hydrogens (tertiary/aromatic N) is 2. The molecule has 2 aromatic rings. The summed E-state index contributed by atoms with van der Waals surface area (Å²) >= 11 is 5.80. The monoisotopic (exact) mass is 264 g/mol. The van der Waals surface area contributed by atoms with Gasteiger partial charge in [-0.1, -0.05) is 41.9 Å². The zero-order valence-corrected chi connectivity index (χ0v) is 10.7. The molecule has 0 aliphatic rings. The van der Waals surface area contributed by atoms with Crippen LogP contribution >= 0.6 is 11.6 Å². The van der Waals surface area contributed by atoms with Crippen molar-refractivity contribution in [2.75, 3.05) is 0 Å². The maximum Gasteiger partial charge on any atom is 0.349 e. The molecule has 0 saturated heterocycles. The molecule has 1 aromatic carbocycles. The van der Waals surface area contributed by atoms with Gasteiger partial charge < -0.3 is 4.74 Å². The number of hydrogen-bond acceptors (Lipinski definition) is 3. The van der Waals surface area contributed by atoms with Crippen LogP contribution in [0.15, 0.2) is 47.5 Å². The van der Waals surface area contributed by atoms with E-state index >= 15 is 0 Å². The average molecular weight is 265 g/mol. The van der Waals surface area contributed by atoms with Gasteiger partial charge in [-0.15, -0.1) is 0 Å². The molecule has 0 radical (unpaired) electrons. The molecule has 18 heavy (non-hydrogen) atoms. The minimum Gasteiger partial charge on any atom is -0.353 e. The standard InChI is InChI=1S/C13H13ClN2O2/c1-10(16-8-12(14)7-15-13(16)17)18-9-11-5-3-2-4-6-11/h2-8,10H,9H2,1H3. The molecule has 0 spiro atoms. The lowest BCUT2D eigenvalue weighted by Crippen LogP contribution is -2.26. The lowest BCUT2D eigenvalue weighted by atomic mass is 10.2. The molecule has 1 atom stereocenters. The first-order valence-electron chi connectivity index (χ1n) is 5.56. The van der Waals surface area contributed by atoms with Crippen molar-refractivity contribution in [3.8, 4) is 0 Å². The predicted molar refractivity (Wildman–Crippen MR) is 69.4 cm³/mol. The van der Waals surface area contributed by atoms with E-state index in [0.29, 0.717) is 11.6 Å². The fraction of sp³-hybridized carbons (Fsp3) is 0.231. The third kappa shape index (κ3) is 3.18. The molecular weight excluding hydrogens is 252 g/mol. The summed E-state index contributed by atoms with van der Waals surface area (Å²) in [6, 6.07) is 9.75. The Balaban J connectivity index is 2.06. The van der Waals surface area contributed by atoms with Gasteiger partial charge in [-0.25, -0.2) is 4.79 Å². The second kappa shape index (κ2) is 5.80. The smallest absolute Gasteiger partial charge is 0.349 e. The highest BCUT2D eigenvalue weighted by Crippen LogP contribution is 2.11. The summed E-state index contributed by atoms with van der Waals surface area (Å²) in [5.41, 5.74) is 0.673. The molecule has 1 heterocycles. The van der Waals surface area contributed by atoms with Gasteiger partial charge in [0.05, 0.1) is 17.8 Å². The summed E-state index contributed by atoms with van der Waals surface area (Å²) in [5.74, 6) is 0. The zero-order valence-electron chi connectivity index (χ0n) is 9.91. The SMILES string of the molecule is CC(OCc1ccccc1)n1cc(Cl)cnc1=O. The summed E-state index contributed by atoms with van der Waals surface area (Å²) < 4.78 is 6.98. The Morgan fingerprint density at radius 2 is 2.11 bits per heavy atom. The Hall–Kier alpha value is -1.65. The summed E-state index contributed by atoms with van der Waals surface area (Å²) in [4.78, 5) is 15.2. The van der Waals surface area contributed by atoms with E-state index in [1.807, 2.05) is 30.3 Å². The third-order valence-corrected chi connectivity index (χ3v) is 2.70. The van der Waals surface area contributed by atoms with E-state index in [0.717, 1.165) is 5.56 Å². The van der Waals surface area contributed by atoms with Gasteiger partial charge in [0.2, 0.25) is 0 Å². The average Bonchev–Trinajstić information content (AvgIpc) is 2.40. The van der Waals surface area contributed by atoms with Crippen molar-refractivity contribution in [3.05, 3.63) is 63.8 Å². The number of ether oxygens (including phenoxy) is 1. The largest absolute Gasteiger partial charge is 0.353 e. The van der Waals surface area contributed by atoms with Crippen LogP contribution < -0.4 is 5.69 Å². The van der Waals surface area contributed by atoms with Crippen LogP contribution in [0.3, 0.4) is 0 Å². The number of benzene rings is 1. The Bertz CT molecular complexity index is 569. The maximum atomic E-state index is 11.5. The van der Waals surface area contributed by atoms with Crippen molar-refractivity contribution < 1.29 is 4.74 Å². The number of aromatic nitrogens is 2. The van der Waals surface area contributed by atoms with Crippen LogP contribution in [0.1, 0.15) is 18.7 Å². The lowest BCUT2D eigenvalue weighted by molar-refractivity contribution is 0.000910. The Kier molecular flexibility index (Phi) is 4.12. The first-order valence-corrected chi connectivity index (χ1v) is 5.94. The van der Waals surface area contributed by atoms with Crippen LogP contribution in [0.5, 0.6) is 0 Å². The zero-order chi connectivity index (χ0) is 13.0. The first kappa shape index (κ1) is 12.8. The quantitative estimate of drug-likeness (QED) is 0.853. The molecule has 1 unspecified atom stereocenters. The van der Waals surface area contributed by atoms with Gasteiger partial charge in [-0.3, -0.25) is 4.57 Å². The molecule has 0 aliphatic heterocycles. The van der Waals surface area contributed by atoms with Crippen molar-refractivity contribution in [1.82, 2.24) is 9.55 Å². The molecule has 2 rings (SSSR count). The minimum atomic E-state index is -0.413. The normalized spacial score (nSPS) is 12.3. The summed E-state index contributed by atoms with van der Waals surface area (Å²) in [6.45, 7) is 2.21. The second-order valence-electron chi connectivity index (χ2n) is 3.86. The Labute approximate surface area is 110 Å². The van der Waals surface area contributed by atoms with Crippen LogP contribution in [-0.2, 0) is 11.3 Å². The van der Waals surface area contributed by atoms with Crippen LogP contribution in [0, 0.1) is 0 Å². The molecule has 0 aliphatic carbocycles. The van der Waals surface area contributed by atoms with Crippen molar-refractivity contribution in [1.29, 1.82) is 0 Å². The molecule has 94 valence electrons. The first-order chi connectivity index (χ1) is 8.66. The lowest BCUT2D eigenvalue weighted by Gasteiger charge is -2.15. The van der Waals surface area contributed by atoms with Crippen molar-refractivity contribution >= 4 is 11.6 Å². The van der Waals surface area contributed by atoms with Gasteiger partial charge in [0.15, 0.2) is 0 Å². The highest BCUT2D eigenvalue weighted by Gasteiger charge is 2.08. The Morgan fingerprint density at radius 3 is 2.83 bits per heavy atom. The van der Waals surface area contributed by atoms with Crippen LogP contribution in [0.25, 0.3) is 0 Å². The van der Waals surface area contributed by atoms with Gasteiger partial charge in [0, 0.05) is 6.20 Å². The van der Waals surface area contributed by atoms with E-state index in [1.165, 1.54) is 17.0 Å². The van der Waals surface area contributed by atoms with Gasteiger partial charge in [0.1, 0.15) is 6.23 Å². The fourth-order valence-corrected chi connectivity index (χ4v) is 1.69. The molecule has 0 saturated carbocycles. The van der Waals surface area contributed by atoms with Crippen molar-refractivity contribution in [3.63, 3.8) is 0 Å². The number of hydrogen-bond donors (Lipinski definition) is 0. The van der Waals surface area contributed by atoms with E-state index < -0.39 is 6.23 Å². The van der Waals surface area contributed by atoms with Crippen molar-refractivity contribution in [2.45, 2.75) is 19.8 Å². The predicted octanol–water partition coefficient (Wildman–Crippen LogP) is 2.63. The van der Waals surface area contributed by atoms with Crippen LogP contribution in [-0.4, -0.2) is 9.55 Å². The highest BCUT2D eigenvalue weighted by atomic mass is 35.5. The van der Waals surface area contributed by atoms with Crippen molar-refractivity contribution in [2.24, 2.45) is 0 Å².